The molecule has 0 spiro atoms. The molecule has 0 aliphatic carbocycles. The van der Waals surface area contributed by atoms with Crippen molar-refractivity contribution in [1.82, 2.24) is 0 Å². The first-order chi connectivity index (χ1) is 12.8. The summed E-state index contributed by atoms with van der Waals surface area (Å²) in [7, 11) is 0. The number of esters is 1. The van der Waals surface area contributed by atoms with E-state index in [9.17, 15) is 18.8 Å². The standard InChI is InChI=1S/C19H18ClFN2O4/c1-3-27-19(26)14-6-4-5-7-17(14)22-18(25)11-23(12(2)24)13-8-9-16(21)15(20)10-13/h4-10H,3,11H2,1-2H3,(H,22,25). The molecule has 0 radical (unpaired) electrons. The molecule has 27 heavy (non-hydrogen) atoms. The number of hydrogen-bond donors (Lipinski definition) is 1. The Hall–Kier alpha value is -2.93. The number of rotatable bonds is 6. The molecule has 6 nitrogen and oxygen atoms in total. The van der Waals surface area contributed by atoms with Gasteiger partial charge in [0, 0.05) is 12.6 Å². The fraction of sp³-hybridized carbons (Fsp3) is 0.211. The summed E-state index contributed by atoms with van der Waals surface area (Å²) in [6, 6.07) is 10.1. The summed E-state index contributed by atoms with van der Waals surface area (Å²) in [4.78, 5) is 37.5. The summed E-state index contributed by atoms with van der Waals surface area (Å²) in [5, 5.41) is 2.43. The summed E-state index contributed by atoms with van der Waals surface area (Å²) in [5.41, 5.74) is 0.747. The minimum absolute atomic E-state index is 0.160. The molecule has 0 heterocycles. The van der Waals surface area contributed by atoms with E-state index in [1.54, 1.807) is 25.1 Å². The topological polar surface area (TPSA) is 75.7 Å². The predicted octanol–water partition coefficient (Wildman–Crippen LogP) is 3.65. The largest absolute Gasteiger partial charge is 0.462 e. The average Bonchev–Trinajstić information content (AvgIpc) is 2.62. The average molecular weight is 393 g/mol. The number of amides is 2. The second-order valence-electron chi connectivity index (χ2n) is 5.52. The van der Waals surface area contributed by atoms with Gasteiger partial charge in [0.1, 0.15) is 12.4 Å². The van der Waals surface area contributed by atoms with Gasteiger partial charge < -0.3 is 15.0 Å². The third-order valence-electron chi connectivity index (χ3n) is 3.59. The van der Waals surface area contributed by atoms with E-state index >= 15 is 0 Å². The Morgan fingerprint density at radius 3 is 2.52 bits per heavy atom. The number of nitrogens with one attached hydrogen (secondary N) is 1. The van der Waals surface area contributed by atoms with Crippen LogP contribution >= 0.6 is 11.6 Å². The van der Waals surface area contributed by atoms with E-state index in [1.165, 1.54) is 25.1 Å². The number of nitrogens with zero attached hydrogens (tertiary/aromatic N) is 1. The third kappa shape index (κ3) is 5.27. The molecule has 2 amide bonds. The van der Waals surface area contributed by atoms with Gasteiger partial charge in [0.2, 0.25) is 11.8 Å². The minimum atomic E-state index is -0.628. The van der Waals surface area contributed by atoms with E-state index in [0.717, 1.165) is 11.0 Å². The zero-order valence-electron chi connectivity index (χ0n) is 14.8. The highest BCUT2D eigenvalue weighted by atomic mass is 35.5. The lowest BCUT2D eigenvalue weighted by atomic mass is 10.1. The molecule has 1 N–H and O–H groups in total. The molecular weight excluding hydrogens is 375 g/mol. The Labute approximate surface area is 160 Å². The van der Waals surface area contributed by atoms with Crippen LogP contribution in [0.4, 0.5) is 15.8 Å². The van der Waals surface area contributed by atoms with Crippen LogP contribution in [0.1, 0.15) is 24.2 Å². The van der Waals surface area contributed by atoms with Gasteiger partial charge in [-0.15, -0.1) is 0 Å². The van der Waals surface area contributed by atoms with Crippen LogP contribution in [-0.2, 0) is 14.3 Å². The number of anilines is 2. The zero-order valence-corrected chi connectivity index (χ0v) is 15.5. The molecule has 2 aromatic carbocycles. The first-order valence-electron chi connectivity index (χ1n) is 8.12. The Kier molecular flexibility index (Phi) is 6.90. The fourth-order valence-electron chi connectivity index (χ4n) is 2.35. The SMILES string of the molecule is CCOC(=O)c1ccccc1NC(=O)CN(C(C)=O)c1ccc(F)c(Cl)c1. The summed E-state index contributed by atoms with van der Waals surface area (Å²) < 4.78 is 18.3. The first-order valence-corrected chi connectivity index (χ1v) is 8.50. The van der Waals surface area contributed by atoms with Crippen LogP contribution < -0.4 is 10.2 Å². The van der Waals surface area contributed by atoms with Crippen LogP contribution in [0, 0.1) is 5.82 Å². The summed E-state index contributed by atoms with van der Waals surface area (Å²) in [6.45, 7) is 2.81. The smallest absolute Gasteiger partial charge is 0.340 e. The lowest BCUT2D eigenvalue weighted by Gasteiger charge is -2.21. The molecule has 142 valence electrons. The van der Waals surface area contributed by atoms with E-state index in [2.05, 4.69) is 5.32 Å². The Morgan fingerprint density at radius 2 is 1.89 bits per heavy atom. The van der Waals surface area contributed by atoms with Crippen LogP contribution in [0.15, 0.2) is 42.5 Å². The van der Waals surface area contributed by atoms with Crippen LogP contribution in [0.5, 0.6) is 0 Å². The Morgan fingerprint density at radius 1 is 1.19 bits per heavy atom. The zero-order chi connectivity index (χ0) is 20.0. The number of carbonyl (C=O) groups excluding carboxylic acids is 3. The molecule has 0 fully saturated rings. The second kappa shape index (κ2) is 9.14. The van der Waals surface area contributed by atoms with Gasteiger partial charge in [-0.1, -0.05) is 23.7 Å². The van der Waals surface area contributed by atoms with Gasteiger partial charge in [-0.3, -0.25) is 9.59 Å². The van der Waals surface area contributed by atoms with Gasteiger partial charge in [-0.25, -0.2) is 9.18 Å². The number of benzene rings is 2. The molecule has 0 atom stereocenters. The van der Waals surface area contributed by atoms with Gasteiger partial charge in [0.25, 0.3) is 0 Å². The predicted molar refractivity (Wildman–Crippen MR) is 100 cm³/mol. The minimum Gasteiger partial charge on any atom is -0.462 e. The number of hydrogen-bond acceptors (Lipinski definition) is 4. The highest BCUT2D eigenvalue weighted by Gasteiger charge is 2.19. The molecule has 0 saturated heterocycles. The molecule has 0 saturated carbocycles. The Balaban J connectivity index is 2.19. The highest BCUT2D eigenvalue weighted by Crippen LogP contribution is 2.23. The fourth-order valence-corrected chi connectivity index (χ4v) is 2.52. The summed E-state index contributed by atoms with van der Waals surface area (Å²) >= 11 is 5.75. The maximum Gasteiger partial charge on any atom is 0.340 e. The molecule has 0 aliphatic rings. The highest BCUT2D eigenvalue weighted by molar-refractivity contribution is 6.31. The van der Waals surface area contributed by atoms with E-state index in [0.29, 0.717) is 0 Å². The van der Waals surface area contributed by atoms with Crippen LogP contribution in [0.2, 0.25) is 5.02 Å². The Bertz CT molecular complexity index is 873. The van der Waals surface area contributed by atoms with E-state index in [4.69, 9.17) is 16.3 Å². The number of halogens is 2. The van der Waals surface area contributed by atoms with E-state index in [-0.39, 0.29) is 35.1 Å². The maximum absolute atomic E-state index is 13.3. The molecule has 0 aliphatic heterocycles. The maximum atomic E-state index is 13.3. The van der Waals surface area contributed by atoms with Crippen molar-refractivity contribution in [1.29, 1.82) is 0 Å². The molecule has 0 bridgehead atoms. The first kappa shape index (κ1) is 20.4. The van der Waals surface area contributed by atoms with Crippen molar-refractivity contribution in [3.05, 3.63) is 58.9 Å². The van der Waals surface area contributed by atoms with Gasteiger partial charge in [-0.2, -0.15) is 0 Å². The van der Waals surface area contributed by atoms with Crippen LogP contribution in [-0.4, -0.2) is 30.9 Å². The van der Waals surface area contributed by atoms with Crippen LogP contribution in [0.3, 0.4) is 0 Å². The normalized spacial score (nSPS) is 10.2. The molecule has 2 rings (SSSR count). The van der Waals surface area contributed by atoms with Crippen molar-refractivity contribution in [2.75, 3.05) is 23.4 Å². The van der Waals surface area contributed by atoms with Crippen molar-refractivity contribution in [2.45, 2.75) is 13.8 Å². The monoisotopic (exact) mass is 392 g/mol. The number of carbonyl (C=O) groups is 3. The summed E-state index contributed by atoms with van der Waals surface area (Å²) in [5.74, 6) is -2.16. The van der Waals surface area contributed by atoms with Gasteiger partial charge in [0.15, 0.2) is 0 Å². The van der Waals surface area contributed by atoms with E-state index < -0.39 is 23.6 Å². The number of ether oxygens (including phenoxy) is 1. The van der Waals surface area contributed by atoms with Crippen molar-refractivity contribution >= 4 is 40.8 Å². The van der Waals surface area contributed by atoms with Gasteiger partial charge in [-0.05, 0) is 37.3 Å². The molecule has 0 unspecified atom stereocenters. The number of para-hydroxylation sites is 1. The lowest BCUT2D eigenvalue weighted by Crippen LogP contribution is -2.37. The molecule has 2 aromatic rings. The second-order valence-corrected chi connectivity index (χ2v) is 5.93. The van der Waals surface area contributed by atoms with Gasteiger partial charge in [0.05, 0.1) is 22.9 Å². The molecule has 0 aromatic heterocycles. The van der Waals surface area contributed by atoms with Crippen molar-refractivity contribution in [2.24, 2.45) is 0 Å². The third-order valence-corrected chi connectivity index (χ3v) is 3.88. The van der Waals surface area contributed by atoms with E-state index in [1.807, 2.05) is 0 Å². The van der Waals surface area contributed by atoms with Crippen molar-refractivity contribution in [3.8, 4) is 0 Å². The van der Waals surface area contributed by atoms with Gasteiger partial charge >= 0.3 is 5.97 Å². The van der Waals surface area contributed by atoms with Crippen molar-refractivity contribution < 1.29 is 23.5 Å². The van der Waals surface area contributed by atoms with Crippen molar-refractivity contribution in [3.63, 3.8) is 0 Å². The summed E-state index contributed by atoms with van der Waals surface area (Å²) in [6.07, 6.45) is 0. The van der Waals surface area contributed by atoms with Crippen LogP contribution in [0.25, 0.3) is 0 Å². The molecule has 8 heteroatoms. The quantitative estimate of drug-likeness (QED) is 0.761. The molecular formula is C19H18ClFN2O4. The lowest BCUT2D eigenvalue weighted by molar-refractivity contribution is -0.120.